The summed E-state index contributed by atoms with van der Waals surface area (Å²) in [5.41, 5.74) is -0.119. The van der Waals surface area contributed by atoms with E-state index in [1.165, 1.54) is 24.3 Å². The van der Waals surface area contributed by atoms with Crippen molar-refractivity contribution in [1.29, 1.82) is 0 Å². The second-order valence-electron chi connectivity index (χ2n) is 10.1. The van der Waals surface area contributed by atoms with Gasteiger partial charge in [-0.3, -0.25) is 0 Å². The molecule has 0 atom stereocenters. The van der Waals surface area contributed by atoms with Crippen LogP contribution in [0.1, 0.15) is 41.4 Å². The Morgan fingerprint density at radius 1 is 0.545 bits per heavy atom. The van der Waals surface area contributed by atoms with Gasteiger partial charge in [-0.2, -0.15) is 0 Å². The lowest BCUT2D eigenvalue weighted by atomic mass is 10.1. The first-order valence-corrected chi connectivity index (χ1v) is 18.7. The Bertz CT molecular complexity index is 1310. The van der Waals surface area contributed by atoms with Gasteiger partial charge in [-0.1, -0.05) is 39.3 Å². The molecule has 0 amide bonds. The molecule has 0 aliphatic carbocycles. The van der Waals surface area contributed by atoms with Crippen molar-refractivity contribution in [3.05, 3.63) is 46.5 Å². The van der Waals surface area contributed by atoms with Gasteiger partial charge in [0.15, 0.2) is 0 Å². The molecule has 4 rings (SSSR count). The summed E-state index contributed by atoms with van der Waals surface area (Å²) in [6.45, 7) is 11.5. The van der Waals surface area contributed by atoms with Crippen molar-refractivity contribution in [2.24, 2.45) is 0 Å². The second-order valence-corrected chi connectivity index (χ2v) is 22.1. The Labute approximate surface area is 192 Å². The number of ether oxygens (including phenoxy) is 2. The van der Waals surface area contributed by atoms with Crippen LogP contribution >= 0.6 is 0 Å². The lowest BCUT2D eigenvalue weighted by molar-refractivity contribution is 0.0425. The molecule has 11 heteroatoms. The van der Waals surface area contributed by atoms with Crippen LogP contribution in [0, 0.1) is 0 Å². The molecule has 0 radical (unpaired) electrons. The molecule has 0 saturated heterocycles. The van der Waals surface area contributed by atoms with E-state index in [2.05, 4.69) is 9.47 Å². The topological polar surface area (TPSA) is 121 Å². The molecule has 172 valence electrons. The van der Waals surface area contributed by atoms with Gasteiger partial charge in [0.05, 0.1) is 48.2 Å². The van der Waals surface area contributed by atoms with Crippen molar-refractivity contribution >= 4 is 60.2 Å². The zero-order valence-electron chi connectivity index (χ0n) is 19.0. The van der Waals surface area contributed by atoms with Crippen LogP contribution in [-0.2, 0) is 19.3 Å². The number of rotatable bonds is 4. The highest BCUT2D eigenvalue weighted by Crippen LogP contribution is 2.31. The highest BCUT2D eigenvalue weighted by molar-refractivity contribution is 7.92. The molecule has 0 unspecified atom stereocenters. The summed E-state index contributed by atoms with van der Waals surface area (Å²) in [6.07, 6.45) is 0. The predicted molar refractivity (Wildman–Crippen MR) is 124 cm³/mol. The van der Waals surface area contributed by atoms with Crippen molar-refractivity contribution in [2.45, 2.75) is 49.1 Å². The number of esters is 4. The normalized spacial score (nSPS) is 15.9. The summed E-state index contributed by atoms with van der Waals surface area (Å²) in [5, 5.41) is 0.933. The maximum Gasteiger partial charge on any atom is 0.346 e. The van der Waals surface area contributed by atoms with Crippen LogP contribution in [0.4, 0.5) is 0 Å². The third kappa shape index (κ3) is 3.60. The molecule has 0 saturated carbocycles. The number of benzene rings is 2. The van der Waals surface area contributed by atoms with Gasteiger partial charge < -0.3 is 9.47 Å². The van der Waals surface area contributed by atoms with Gasteiger partial charge >= 0.3 is 23.9 Å². The number of sulfone groups is 1. The summed E-state index contributed by atoms with van der Waals surface area (Å²) in [6, 6.07) is 5.30. The van der Waals surface area contributed by atoms with E-state index in [1.807, 2.05) is 39.3 Å². The van der Waals surface area contributed by atoms with Crippen molar-refractivity contribution in [3.8, 4) is 0 Å². The monoisotopic (exact) mass is 502 g/mol. The number of carbonyl (C=O) groups excluding carboxylic acids is 4. The number of hydrogen-bond donors (Lipinski definition) is 0. The minimum absolute atomic E-state index is 0.0462. The first-order chi connectivity index (χ1) is 15.0. The lowest BCUT2D eigenvalue weighted by Crippen LogP contribution is -2.44. The first-order valence-electron chi connectivity index (χ1n) is 10.2. The molecule has 33 heavy (non-hydrogen) atoms. The molecular weight excluding hydrogens is 480 g/mol. The molecule has 2 aliphatic rings. The van der Waals surface area contributed by atoms with Crippen LogP contribution in [0.2, 0.25) is 39.3 Å². The summed E-state index contributed by atoms with van der Waals surface area (Å²) in [5.74, 6) is -3.41. The molecule has 0 bridgehead atoms. The first kappa shape index (κ1) is 23.3. The zero-order chi connectivity index (χ0) is 24.7. The molecule has 2 aliphatic heterocycles. The van der Waals surface area contributed by atoms with Gasteiger partial charge in [0, 0.05) is 0 Å². The average molecular weight is 503 g/mol. The molecule has 0 N–H and O–H groups in total. The summed E-state index contributed by atoms with van der Waals surface area (Å²) in [4.78, 5) is 48.4. The van der Waals surface area contributed by atoms with Gasteiger partial charge in [-0.05, 0) is 34.6 Å². The van der Waals surface area contributed by atoms with Crippen molar-refractivity contribution < 1.29 is 37.1 Å². The van der Waals surface area contributed by atoms with Gasteiger partial charge in [-0.15, -0.1) is 0 Å². The number of cyclic esters (lactones) is 4. The van der Waals surface area contributed by atoms with E-state index in [4.69, 9.17) is 0 Å². The Balaban J connectivity index is 2.08. The highest BCUT2D eigenvalue weighted by atomic mass is 32.2. The molecule has 0 fully saturated rings. The van der Waals surface area contributed by atoms with Crippen LogP contribution in [0.15, 0.2) is 34.1 Å². The minimum Gasteiger partial charge on any atom is -0.386 e. The van der Waals surface area contributed by atoms with E-state index in [9.17, 15) is 27.6 Å². The molecule has 2 aromatic carbocycles. The largest absolute Gasteiger partial charge is 0.386 e. The maximum absolute atomic E-state index is 14.1. The molecular formula is C22H22O8SSi2. The molecule has 8 nitrogen and oxygen atoms in total. The minimum atomic E-state index is -4.26. The smallest absolute Gasteiger partial charge is 0.346 e. The quantitative estimate of drug-likeness (QED) is 0.355. The molecule has 0 aromatic heterocycles. The number of fused-ring (bicyclic) bond motifs is 2. The molecule has 2 heterocycles. The van der Waals surface area contributed by atoms with Crippen LogP contribution in [0.25, 0.3) is 0 Å². The Morgan fingerprint density at radius 2 is 0.818 bits per heavy atom. The second kappa shape index (κ2) is 7.05. The Hall–Kier alpha value is -2.90. The summed E-state index contributed by atoms with van der Waals surface area (Å²) < 4.78 is 37.6. The fourth-order valence-corrected chi connectivity index (χ4v) is 10.9. The fourth-order valence-electron chi connectivity index (χ4n) is 3.96. The van der Waals surface area contributed by atoms with Crippen LogP contribution in [0.3, 0.4) is 0 Å². The molecule has 0 spiro atoms. The third-order valence-corrected chi connectivity index (χ3v) is 11.9. The van der Waals surface area contributed by atoms with Crippen molar-refractivity contribution in [3.63, 3.8) is 0 Å². The van der Waals surface area contributed by atoms with E-state index in [0.717, 1.165) is 0 Å². The van der Waals surface area contributed by atoms with Crippen LogP contribution in [0.5, 0.6) is 0 Å². The van der Waals surface area contributed by atoms with Gasteiger partial charge in [0.1, 0.15) is 0 Å². The van der Waals surface area contributed by atoms with Gasteiger partial charge in [0.2, 0.25) is 9.84 Å². The van der Waals surface area contributed by atoms with E-state index >= 15 is 0 Å². The van der Waals surface area contributed by atoms with E-state index in [-0.39, 0.29) is 32.0 Å². The predicted octanol–water partition coefficient (Wildman–Crippen LogP) is 2.23. The van der Waals surface area contributed by atoms with E-state index < -0.39 is 49.9 Å². The van der Waals surface area contributed by atoms with Crippen LogP contribution in [-0.4, -0.2) is 48.4 Å². The highest BCUT2D eigenvalue weighted by Gasteiger charge is 2.40. The van der Waals surface area contributed by atoms with Crippen molar-refractivity contribution in [2.75, 3.05) is 0 Å². The van der Waals surface area contributed by atoms with E-state index in [0.29, 0.717) is 10.4 Å². The third-order valence-electron chi connectivity index (χ3n) is 5.68. The zero-order valence-corrected chi connectivity index (χ0v) is 21.8. The Morgan fingerprint density at radius 3 is 1.09 bits per heavy atom. The lowest BCUT2D eigenvalue weighted by Gasteiger charge is -2.25. The summed E-state index contributed by atoms with van der Waals surface area (Å²) >= 11 is 0. The SMILES string of the molecule is C[Si](C)(C)c1cc2c(cc1S(=O)(=O)c1cc3c(cc1[Si](C)(C)C)C(=O)OC3=O)C(=O)OC2=O. The molecule has 2 aromatic rings. The van der Waals surface area contributed by atoms with Gasteiger partial charge in [0.25, 0.3) is 0 Å². The number of carbonyl (C=O) groups is 4. The fraction of sp³-hybridized carbons (Fsp3) is 0.273. The standard InChI is InChI=1S/C22H22O8SSi2/c1-32(2,3)17-9-13-11(19(23)29-21(13)25)7-15(17)31(27,28)16-8-12-14(22(26)30-20(12)24)10-18(16)33(4,5)6/h7-10H,1-6H3. The summed E-state index contributed by atoms with van der Waals surface area (Å²) in [7, 11) is -8.97. The van der Waals surface area contributed by atoms with Gasteiger partial charge in [-0.25, -0.2) is 27.6 Å². The Kier molecular flexibility index (Phi) is 4.97. The number of hydrogen-bond acceptors (Lipinski definition) is 8. The average Bonchev–Trinajstić information content (AvgIpc) is 3.13. The maximum atomic E-state index is 14.1. The van der Waals surface area contributed by atoms with E-state index in [1.54, 1.807) is 0 Å². The van der Waals surface area contributed by atoms with Crippen molar-refractivity contribution in [1.82, 2.24) is 0 Å². The van der Waals surface area contributed by atoms with Crippen LogP contribution < -0.4 is 10.4 Å².